The van der Waals surface area contributed by atoms with Gasteiger partial charge < -0.3 is 5.32 Å². The first kappa shape index (κ1) is 13.3. The van der Waals surface area contributed by atoms with Crippen molar-refractivity contribution in [1.82, 2.24) is 14.9 Å². The minimum Gasteiger partial charge on any atom is -0.306 e. The van der Waals surface area contributed by atoms with Crippen LogP contribution in [0, 0.1) is 17.8 Å². The Bertz CT molecular complexity index is 622. The molecule has 0 aliphatic heterocycles. The summed E-state index contributed by atoms with van der Waals surface area (Å²) < 4.78 is 2.23. The second-order valence-electron chi connectivity index (χ2n) is 7.74. The molecule has 0 saturated heterocycles. The van der Waals surface area contributed by atoms with Crippen molar-refractivity contribution in [3.63, 3.8) is 0 Å². The third-order valence-corrected chi connectivity index (χ3v) is 6.91. The maximum absolute atomic E-state index is 4.45. The summed E-state index contributed by atoms with van der Waals surface area (Å²) >= 11 is 1.70. The summed E-state index contributed by atoms with van der Waals surface area (Å²) in [6.45, 7) is 0.971. The van der Waals surface area contributed by atoms with Gasteiger partial charge in [0.05, 0.1) is 0 Å². The molecule has 6 rings (SSSR count). The number of nitrogens with zero attached hydrogens (tertiary/aromatic N) is 2. The van der Waals surface area contributed by atoms with Gasteiger partial charge in [-0.2, -0.15) is 0 Å². The standard InChI is InChI=1S/C18H23N3S/c1-2-16(21(4-1)17-19-3-5-22-17)12-20-18-9-13-6-14(10-18)8-15(7-13)11-18/h1-5,13-15,20H,6-12H2. The number of nitrogens with one attached hydrogen (secondary N) is 1. The van der Waals surface area contributed by atoms with Gasteiger partial charge in [-0.05, 0) is 68.4 Å². The van der Waals surface area contributed by atoms with Crippen LogP contribution in [0.2, 0.25) is 0 Å². The van der Waals surface area contributed by atoms with E-state index in [1.807, 2.05) is 11.6 Å². The molecule has 3 nitrogen and oxygen atoms in total. The van der Waals surface area contributed by atoms with E-state index in [0.717, 1.165) is 29.4 Å². The molecule has 0 amide bonds. The van der Waals surface area contributed by atoms with Gasteiger partial charge in [-0.3, -0.25) is 4.57 Å². The van der Waals surface area contributed by atoms with Crippen molar-refractivity contribution >= 4 is 11.3 Å². The molecule has 4 bridgehead atoms. The Kier molecular flexibility index (Phi) is 2.99. The summed E-state index contributed by atoms with van der Waals surface area (Å²) in [4.78, 5) is 4.45. The molecule has 4 aliphatic carbocycles. The van der Waals surface area contributed by atoms with E-state index < -0.39 is 0 Å². The van der Waals surface area contributed by atoms with E-state index in [4.69, 9.17) is 0 Å². The second kappa shape index (κ2) is 4.93. The smallest absolute Gasteiger partial charge is 0.193 e. The molecule has 4 aliphatic rings. The van der Waals surface area contributed by atoms with Gasteiger partial charge in [-0.25, -0.2) is 4.98 Å². The maximum Gasteiger partial charge on any atom is 0.193 e. The Morgan fingerprint density at radius 2 is 1.91 bits per heavy atom. The second-order valence-corrected chi connectivity index (χ2v) is 8.61. The molecule has 4 saturated carbocycles. The van der Waals surface area contributed by atoms with Crippen LogP contribution in [0.3, 0.4) is 0 Å². The number of hydrogen-bond donors (Lipinski definition) is 1. The zero-order valence-corrected chi connectivity index (χ0v) is 13.7. The Balaban J connectivity index is 1.35. The molecule has 0 atom stereocenters. The predicted octanol–water partition coefficient (Wildman–Crippen LogP) is 3.99. The van der Waals surface area contributed by atoms with E-state index in [0.29, 0.717) is 5.54 Å². The molecule has 0 radical (unpaired) electrons. The molecule has 2 heterocycles. The highest BCUT2D eigenvalue weighted by Crippen LogP contribution is 2.55. The minimum absolute atomic E-state index is 0.437. The van der Waals surface area contributed by atoms with Crippen LogP contribution >= 0.6 is 11.3 Å². The summed E-state index contributed by atoms with van der Waals surface area (Å²) in [6, 6.07) is 4.37. The van der Waals surface area contributed by atoms with Crippen molar-refractivity contribution in [2.45, 2.75) is 50.6 Å². The van der Waals surface area contributed by atoms with Crippen LogP contribution in [0.1, 0.15) is 44.2 Å². The first-order valence-corrected chi connectivity index (χ1v) is 9.49. The zero-order valence-electron chi connectivity index (χ0n) is 12.9. The van der Waals surface area contributed by atoms with Crippen molar-refractivity contribution < 1.29 is 0 Å². The summed E-state index contributed by atoms with van der Waals surface area (Å²) in [7, 11) is 0. The van der Waals surface area contributed by atoms with Gasteiger partial charge in [0.25, 0.3) is 0 Å². The minimum atomic E-state index is 0.437. The average molecular weight is 313 g/mol. The van der Waals surface area contributed by atoms with Crippen LogP contribution in [0.4, 0.5) is 0 Å². The molecule has 2 aromatic rings. The molecule has 0 aromatic carbocycles. The monoisotopic (exact) mass is 313 g/mol. The van der Waals surface area contributed by atoms with E-state index in [9.17, 15) is 0 Å². The van der Waals surface area contributed by atoms with Gasteiger partial charge in [0.15, 0.2) is 5.13 Å². The first-order valence-electron chi connectivity index (χ1n) is 8.61. The number of hydrogen-bond acceptors (Lipinski definition) is 3. The molecule has 0 unspecified atom stereocenters. The van der Waals surface area contributed by atoms with Gasteiger partial charge in [-0.15, -0.1) is 11.3 Å². The molecule has 2 aromatic heterocycles. The molecule has 4 heteroatoms. The fourth-order valence-electron chi connectivity index (χ4n) is 5.69. The van der Waals surface area contributed by atoms with Crippen LogP contribution < -0.4 is 5.32 Å². The summed E-state index contributed by atoms with van der Waals surface area (Å²) in [5, 5.41) is 7.11. The van der Waals surface area contributed by atoms with Crippen LogP contribution in [-0.2, 0) is 6.54 Å². The molecular formula is C18H23N3S. The van der Waals surface area contributed by atoms with Gasteiger partial charge >= 0.3 is 0 Å². The summed E-state index contributed by atoms with van der Waals surface area (Å²) in [5.74, 6) is 3.01. The summed E-state index contributed by atoms with van der Waals surface area (Å²) in [5.41, 5.74) is 1.78. The topological polar surface area (TPSA) is 29.9 Å². The van der Waals surface area contributed by atoms with Crippen molar-refractivity contribution in [2.75, 3.05) is 0 Å². The summed E-state index contributed by atoms with van der Waals surface area (Å²) in [6.07, 6.45) is 12.8. The van der Waals surface area contributed by atoms with Crippen LogP contribution in [0.5, 0.6) is 0 Å². The lowest BCUT2D eigenvalue weighted by Gasteiger charge is -2.57. The highest BCUT2D eigenvalue weighted by atomic mass is 32.1. The third kappa shape index (κ3) is 2.16. The molecule has 1 N–H and O–H groups in total. The van der Waals surface area contributed by atoms with Crippen LogP contribution in [0.25, 0.3) is 5.13 Å². The lowest BCUT2D eigenvalue weighted by molar-refractivity contribution is -0.0207. The number of thiazole rings is 1. The maximum atomic E-state index is 4.45. The largest absolute Gasteiger partial charge is 0.306 e. The normalized spacial score (nSPS) is 36.1. The molecular weight excluding hydrogens is 290 g/mol. The van der Waals surface area contributed by atoms with Crippen LogP contribution in [-0.4, -0.2) is 15.1 Å². The van der Waals surface area contributed by atoms with E-state index in [-0.39, 0.29) is 0 Å². The SMILES string of the molecule is c1cc(CNC23CC4CC(CC(C4)C2)C3)n(-c2nccs2)c1. The van der Waals surface area contributed by atoms with Gasteiger partial charge in [0.1, 0.15) is 0 Å². The third-order valence-electron chi connectivity index (χ3n) is 6.14. The van der Waals surface area contributed by atoms with Crippen LogP contribution in [0.15, 0.2) is 29.9 Å². The molecule has 116 valence electrons. The lowest BCUT2D eigenvalue weighted by Crippen LogP contribution is -2.58. The van der Waals surface area contributed by atoms with E-state index in [2.05, 4.69) is 33.2 Å². The van der Waals surface area contributed by atoms with Crippen molar-refractivity contribution in [3.05, 3.63) is 35.6 Å². The quantitative estimate of drug-likeness (QED) is 0.925. The Morgan fingerprint density at radius 1 is 1.18 bits per heavy atom. The Labute approximate surface area is 135 Å². The van der Waals surface area contributed by atoms with Gasteiger partial charge in [0.2, 0.25) is 0 Å². The van der Waals surface area contributed by atoms with Crippen molar-refractivity contribution in [1.29, 1.82) is 0 Å². The number of rotatable bonds is 4. The Morgan fingerprint density at radius 3 is 2.55 bits per heavy atom. The zero-order chi connectivity index (χ0) is 14.6. The van der Waals surface area contributed by atoms with Crippen molar-refractivity contribution in [2.24, 2.45) is 17.8 Å². The van der Waals surface area contributed by atoms with E-state index in [1.165, 1.54) is 44.2 Å². The van der Waals surface area contributed by atoms with Gasteiger partial charge in [0, 0.05) is 35.6 Å². The lowest BCUT2D eigenvalue weighted by atomic mass is 9.53. The van der Waals surface area contributed by atoms with E-state index >= 15 is 0 Å². The first-order chi connectivity index (χ1) is 10.8. The molecule has 22 heavy (non-hydrogen) atoms. The van der Waals surface area contributed by atoms with Crippen molar-refractivity contribution in [3.8, 4) is 5.13 Å². The Hall–Kier alpha value is -1.13. The van der Waals surface area contributed by atoms with E-state index in [1.54, 1.807) is 11.3 Å². The highest BCUT2D eigenvalue weighted by molar-refractivity contribution is 7.12. The molecule has 0 spiro atoms. The van der Waals surface area contributed by atoms with Gasteiger partial charge in [-0.1, -0.05) is 0 Å². The fourth-order valence-corrected chi connectivity index (χ4v) is 6.34. The average Bonchev–Trinajstić information content (AvgIpc) is 3.15. The molecule has 4 fully saturated rings. The fraction of sp³-hybridized carbons (Fsp3) is 0.611. The predicted molar refractivity (Wildman–Crippen MR) is 89.2 cm³/mol. The highest BCUT2D eigenvalue weighted by Gasteiger charge is 2.50. The number of aromatic nitrogens is 2.